The molecular formula is C24H27NO6. The topological polar surface area (TPSA) is 85.3 Å². The van der Waals surface area contributed by atoms with Crippen LogP contribution in [0.25, 0.3) is 5.76 Å². The van der Waals surface area contributed by atoms with Crippen molar-refractivity contribution in [2.45, 2.75) is 19.4 Å². The lowest BCUT2D eigenvalue weighted by atomic mass is 9.95. The maximum absolute atomic E-state index is 13.0. The number of aliphatic hydroxyl groups excluding tert-OH is 1. The number of amides is 1. The number of methoxy groups -OCH3 is 2. The molecule has 0 aromatic heterocycles. The molecule has 1 atom stereocenters. The molecule has 1 N–H and O–H groups in total. The predicted molar refractivity (Wildman–Crippen MR) is 116 cm³/mol. The average Bonchev–Trinajstić information content (AvgIpc) is 3.05. The minimum Gasteiger partial charge on any atom is -0.507 e. The van der Waals surface area contributed by atoms with Gasteiger partial charge in [0.15, 0.2) is 11.5 Å². The summed E-state index contributed by atoms with van der Waals surface area (Å²) < 4.78 is 16.1. The molecule has 1 heterocycles. The van der Waals surface area contributed by atoms with Gasteiger partial charge in [0.2, 0.25) is 0 Å². The molecule has 2 aromatic rings. The Balaban J connectivity index is 2.13. The summed E-state index contributed by atoms with van der Waals surface area (Å²) in [5.74, 6) is -0.510. The van der Waals surface area contributed by atoms with Gasteiger partial charge in [-0.05, 0) is 31.0 Å². The Labute approximate surface area is 181 Å². The standard InChI is InChI=1S/C24H27NO6/c1-4-31-18-12-11-17(15-19(18)30-3)21-20(22(26)16-9-6-5-7-10-16)23(27)24(28)25(21)13-8-14-29-2/h5-7,9-12,15,21,26H,4,8,13-14H2,1-3H3/t21-/m1/s1. The maximum atomic E-state index is 13.0. The van der Waals surface area contributed by atoms with Gasteiger partial charge in [0.1, 0.15) is 5.76 Å². The summed E-state index contributed by atoms with van der Waals surface area (Å²) >= 11 is 0. The molecule has 164 valence electrons. The summed E-state index contributed by atoms with van der Waals surface area (Å²) in [7, 11) is 3.11. The number of benzene rings is 2. The Kier molecular flexibility index (Phi) is 7.31. The summed E-state index contributed by atoms with van der Waals surface area (Å²) in [6.45, 7) is 3.10. The Bertz CT molecular complexity index is 969. The highest BCUT2D eigenvalue weighted by Crippen LogP contribution is 2.42. The van der Waals surface area contributed by atoms with Crippen molar-refractivity contribution in [1.82, 2.24) is 4.90 Å². The van der Waals surface area contributed by atoms with E-state index in [4.69, 9.17) is 14.2 Å². The van der Waals surface area contributed by atoms with Crippen molar-refractivity contribution < 1.29 is 28.9 Å². The molecule has 0 saturated carbocycles. The number of ketones is 1. The summed E-state index contributed by atoms with van der Waals surface area (Å²) in [5, 5.41) is 11.0. The smallest absolute Gasteiger partial charge is 0.295 e. The van der Waals surface area contributed by atoms with E-state index >= 15 is 0 Å². The van der Waals surface area contributed by atoms with Gasteiger partial charge in [-0.1, -0.05) is 36.4 Å². The summed E-state index contributed by atoms with van der Waals surface area (Å²) in [5.41, 5.74) is 1.18. The van der Waals surface area contributed by atoms with Gasteiger partial charge in [-0.2, -0.15) is 0 Å². The molecule has 3 rings (SSSR count). The van der Waals surface area contributed by atoms with Gasteiger partial charge in [0, 0.05) is 25.8 Å². The molecule has 1 saturated heterocycles. The number of aliphatic hydroxyl groups is 1. The normalized spacial score (nSPS) is 17.8. The molecule has 1 amide bonds. The molecular weight excluding hydrogens is 398 g/mol. The van der Waals surface area contributed by atoms with Gasteiger partial charge < -0.3 is 24.2 Å². The van der Waals surface area contributed by atoms with Crippen LogP contribution < -0.4 is 9.47 Å². The lowest BCUT2D eigenvalue weighted by molar-refractivity contribution is -0.140. The quantitative estimate of drug-likeness (QED) is 0.286. The van der Waals surface area contributed by atoms with Crippen LogP contribution in [0, 0.1) is 0 Å². The Hall–Kier alpha value is -3.32. The van der Waals surface area contributed by atoms with Crippen molar-refractivity contribution in [2.75, 3.05) is 34.0 Å². The fourth-order valence-electron chi connectivity index (χ4n) is 3.72. The van der Waals surface area contributed by atoms with Gasteiger partial charge in [-0.15, -0.1) is 0 Å². The molecule has 1 fully saturated rings. The number of ether oxygens (including phenoxy) is 3. The lowest BCUT2D eigenvalue weighted by Gasteiger charge is -2.26. The third-order valence-corrected chi connectivity index (χ3v) is 5.14. The number of likely N-dealkylation sites (tertiary alicyclic amines) is 1. The summed E-state index contributed by atoms with van der Waals surface area (Å²) in [6.07, 6.45) is 0.555. The van der Waals surface area contributed by atoms with E-state index in [9.17, 15) is 14.7 Å². The van der Waals surface area contributed by atoms with Gasteiger partial charge >= 0.3 is 0 Å². The zero-order chi connectivity index (χ0) is 22.4. The van der Waals surface area contributed by atoms with Crippen molar-refractivity contribution in [1.29, 1.82) is 0 Å². The van der Waals surface area contributed by atoms with Gasteiger partial charge in [0.05, 0.1) is 25.3 Å². The number of Topliss-reactive ketones (excluding diaryl/α,β-unsaturated/α-hetero) is 1. The van der Waals surface area contributed by atoms with E-state index in [-0.39, 0.29) is 11.3 Å². The minimum atomic E-state index is -0.748. The largest absolute Gasteiger partial charge is 0.507 e. The van der Waals surface area contributed by atoms with Crippen molar-refractivity contribution in [2.24, 2.45) is 0 Å². The lowest BCUT2D eigenvalue weighted by Crippen LogP contribution is -2.31. The van der Waals surface area contributed by atoms with E-state index in [2.05, 4.69) is 0 Å². The van der Waals surface area contributed by atoms with E-state index < -0.39 is 17.7 Å². The third-order valence-electron chi connectivity index (χ3n) is 5.14. The fourth-order valence-corrected chi connectivity index (χ4v) is 3.72. The first-order valence-corrected chi connectivity index (χ1v) is 10.2. The van der Waals surface area contributed by atoms with E-state index in [1.54, 1.807) is 49.6 Å². The number of rotatable bonds is 9. The van der Waals surface area contributed by atoms with Crippen molar-refractivity contribution in [3.63, 3.8) is 0 Å². The van der Waals surface area contributed by atoms with Crippen LogP contribution in [-0.2, 0) is 14.3 Å². The predicted octanol–water partition coefficient (Wildman–Crippen LogP) is 3.55. The molecule has 0 unspecified atom stereocenters. The Morgan fingerprint density at radius 2 is 1.81 bits per heavy atom. The van der Waals surface area contributed by atoms with Crippen molar-refractivity contribution in [3.05, 3.63) is 65.2 Å². The van der Waals surface area contributed by atoms with Crippen LogP contribution in [-0.4, -0.2) is 55.7 Å². The van der Waals surface area contributed by atoms with Crippen LogP contribution in [0.2, 0.25) is 0 Å². The highest BCUT2D eigenvalue weighted by Gasteiger charge is 2.46. The number of hydrogen-bond acceptors (Lipinski definition) is 6. The van der Waals surface area contributed by atoms with E-state index in [0.29, 0.717) is 48.8 Å². The number of hydrogen-bond donors (Lipinski definition) is 1. The first-order valence-electron chi connectivity index (χ1n) is 10.2. The molecule has 1 aliphatic heterocycles. The van der Waals surface area contributed by atoms with Crippen molar-refractivity contribution in [3.8, 4) is 11.5 Å². The summed E-state index contributed by atoms with van der Waals surface area (Å²) in [4.78, 5) is 27.3. The molecule has 0 spiro atoms. The van der Waals surface area contributed by atoms with Crippen LogP contribution in [0.5, 0.6) is 11.5 Å². The second-order valence-electron chi connectivity index (χ2n) is 7.05. The number of nitrogens with zero attached hydrogens (tertiary/aromatic N) is 1. The Morgan fingerprint density at radius 1 is 1.06 bits per heavy atom. The molecule has 0 aliphatic carbocycles. The molecule has 7 heteroatoms. The summed E-state index contributed by atoms with van der Waals surface area (Å²) in [6, 6.07) is 13.3. The third kappa shape index (κ3) is 4.56. The zero-order valence-electron chi connectivity index (χ0n) is 18.0. The van der Waals surface area contributed by atoms with Crippen LogP contribution in [0.4, 0.5) is 0 Å². The molecule has 7 nitrogen and oxygen atoms in total. The monoisotopic (exact) mass is 425 g/mol. The molecule has 1 aliphatic rings. The molecule has 2 aromatic carbocycles. The Morgan fingerprint density at radius 3 is 2.45 bits per heavy atom. The average molecular weight is 425 g/mol. The first-order chi connectivity index (χ1) is 15.0. The highest BCUT2D eigenvalue weighted by molar-refractivity contribution is 6.46. The molecule has 31 heavy (non-hydrogen) atoms. The van der Waals surface area contributed by atoms with E-state index in [1.165, 1.54) is 12.0 Å². The SMILES string of the molecule is CCOc1ccc([C@@H]2C(=C(O)c3ccccc3)C(=O)C(=O)N2CCCOC)cc1OC. The van der Waals surface area contributed by atoms with Gasteiger partial charge in [-0.3, -0.25) is 9.59 Å². The first kappa shape index (κ1) is 22.4. The van der Waals surface area contributed by atoms with Crippen LogP contribution in [0.15, 0.2) is 54.1 Å². The van der Waals surface area contributed by atoms with E-state index in [0.717, 1.165) is 0 Å². The fraction of sp³-hybridized carbons (Fsp3) is 0.333. The number of carbonyl (C=O) groups excluding carboxylic acids is 2. The van der Waals surface area contributed by atoms with Gasteiger partial charge in [0.25, 0.3) is 11.7 Å². The van der Waals surface area contributed by atoms with E-state index in [1.807, 2.05) is 13.0 Å². The van der Waals surface area contributed by atoms with Crippen molar-refractivity contribution >= 4 is 17.4 Å². The highest BCUT2D eigenvalue weighted by atomic mass is 16.5. The second-order valence-corrected chi connectivity index (χ2v) is 7.05. The number of carbonyl (C=O) groups is 2. The minimum absolute atomic E-state index is 0.0554. The van der Waals surface area contributed by atoms with Crippen LogP contribution in [0.1, 0.15) is 30.5 Å². The second kappa shape index (κ2) is 10.1. The molecule has 0 bridgehead atoms. The van der Waals surface area contributed by atoms with Crippen LogP contribution >= 0.6 is 0 Å². The van der Waals surface area contributed by atoms with Gasteiger partial charge in [-0.25, -0.2) is 0 Å². The zero-order valence-corrected chi connectivity index (χ0v) is 18.0. The van der Waals surface area contributed by atoms with Crippen LogP contribution in [0.3, 0.4) is 0 Å². The molecule has 0 radical (unpaired) electrons. The maximum Gasteiger partial charge on any atom is 0.295 e.